The molecule has 1 aromatic rings. The van der Waals surface area contributed by atoms with Crippen molar-refractivity contribution in [2.45, 2.75) is 26.1 Å². The van der Waals surface area contributed by atoms with Gasteiger partial charge in [0.05, 0.1) is 12.8 Å². The lowest BCUT2D eigenvalue weighted by Gasteiger charge is -2.26. The molecule has 2 unspecified atom stereocenters. The van der Waals surface area contributed by atoms with E-state index in [1.807, 2.05) is 32.0 Å². The minimum absolute atomic E-state index is 0.136. The molecule has 0 amide bonds. The van der Waals surface area contributed by atoms with Crippen molar-refractivity contribution in [2.24, 2.45) is 5.73 Å². The lowest BCUT2D eigenvalue weighted by molar-refractivity contribution is -0.125. The van der Waals surface area contributed by atoms with Crippen molar-refractivity contribution in [1.29, 1.82) is 0 Å². The summed E-state index contributed by atoms with van der Waals surface area (Å²) in [6.07, 6.45) is -0.508. The standard InChI is InChI=1S/C13H20ClNO3/c1-9-5-4-6-11(14)12(9)13(18-8-16-3)10(2)17-7-15/h4-6,10,13H,7-8,15H2,1-3H3. The van der Waals surface area contributed by atoms with E-state index in [1.54, 1.807) is 7.11 Å². The number of aryl methyl sites for hydroxylation is 1. The Labute approximate surface area is 113 Å². The number of rotatable bonds is 7. The minimum Gasteiger partial charge on any atom is -0.361 e. The Morgan fingerprint density at radius 3 is 2.61 bits per heavy atom. The summed E-state index contributed by atoms with van der Waals surface area (Å²) in [6, 6.07) is 5.73. The zero-order valence-electron chi connectivity index (χ0n) is 11.0. The summed E-state index contributed by atoms with van der Waals surface area (Å²) in [5.41, 5.74) is 7.37. The SMILES string of the molecule is COCOC(c1c(C)cccc1Cl)C(C)OCN. The molecule has 1 rings (SSSR count). The van der Waals surface area contributed by atoms with Gasteiger partial charge in [-0.05, 0) is 25.5 Å². The quantitative estimate of drug-likeness (QED) is 0.776. The zero-order valence-corrected chi connectivity index (χ0v) is 11.7. The summed E-state index contributed by atoms with van der Waals surface area (Å²) < 4.78 is 16.0. The maximum Gasteiger partial charge on any atom is 0.147 e. The highest BCUT2D eigenvalue weighted by atomic mass is 35.5. The first-order valence-electron chi connectivity index (χ1n) is 5.79. The number of halogens is 1. The smallest absolute Gasteiger partial charge is 0.147 e. The Bertz CT molecular complexity index is 353. The molecule has 0 saturated heterocycles. The highest BCUT2D eigenvalue weighted by Crippen LogP contribution is 2.32. The fourth-order valence-corrected chi connectivity index (χ4v) is 2.17. The summed E-state index contributed by atoms with van der Waals surface area (Å²) in [6.45, 7) is 4.20. The van der Waals surface area contributed by atoms with Gasteiger partial charge in [-0.1, -0.05) is 23.7 Å². The Hall–Kier alpha value is -0.650. The molecule has 0 aliphatic heterocycles. The minimum atomic E-state index is -0.304. The van der Waals surface area contributed by atoms with Gasteiger partial charge in [-0.3, -0.25) is 0 Å². The number of hydrogen-bond acceptors (Lipinski definition) is 4. The summed E-state index contributed by atoms with van der Waals surface area (Å²) >= 11 is 6.24. The summed E-state index contributed by atoms with van der Waals surface area (Å²) in [4.78, 5) is 0. The van der Waals surface area contributed by atoms with Crippen LogP contribution in [0.3, 0.4) is 0 Å². The van der Waals surface area contributed by atoms with Crippen LogP contribution in [0.4, 0.5) is 0 Å². The monoisotopic (exact) mass is 273 g/mol. The van der Waals surface area contributed by atoms with Crippen molar-refractivity contribution in [2.75, 3.05) is 20.6 Å². The van der Waals surface area contributed by atoms with Gasteiger partial charge in [-0.2, -0.15) is 0 Å². The van der Waals surface area contributed by atoms with Gasteiger partial charge < -0.3 is 19.9 Å². The van der Waals surface area contributed by atoms with Crippen LogP contribution in [0.25, 0.3) is 0 Å². The third-order valence-electron chi connectivity index (χ3n) is 2.71. The number of ether oxygens (including phenoxy) is 3. The molecule has 2 N–H and O–H groups in total. The highest BCUT2D eigenvalue weighted by Gasteiger charge is 2.24. The first-order chi connectivity index (χ1) is 8.61. The number of benzene rings is 1. The molecule has 2 atom stereocenters. The second-order valence-electron chi connectivity index (χ2n) is 4.00. The lowest BCUT2D eigenvalue weighted by Crippen LogP contribution is -2.26. The van der Waals surface area contributed by atoms with Crippen LogP contribution in [0, 0.1) is 6.92 Å². The maximum absolute atomic E-state index is 6.24. The van der Waals surface area contributed by atoms with E-state index >= 15 is 0 Å². The third kappa shape index (κ3) is 3.93. The predicted octanol–water partition coefficient (Wildman–Crippen LogP) is 2.63. The molecule has 0 aliphatic carbocycles. The number of nitrogens with two attached hydrogens (primary N) is 1. The van der Waals surface area contributed by atoms with E-state index in [-0.39, 0.29) is 25.7 Å². The molecule has 18 heavy (non-hydrogen) atoms. The summed E-state index contributed by atoms with van der Waals surface area (Å²) in [7, 11) is 1.57. The van der Waals surface area contributed by atoms with Crippen LogP contribution < -0.4 is 5.73 Å². The largest absolute Gasteiger partial charge is 0.361 e. The molecular weight excluding hydrogens is 254 g/mol. The molecular formula is C13H20ClNO3. The fourth-order valence-electron chi connectivity index (χ4n) is 1.84. The van der Waals surface area contributed by atoms with Gasteiger partial charge in [0, 0.05) is 17.7 Å². The number of hydrogen-bond donors (Lipinski definition) is 1. The second kappa shape index (κ2) is 7.71. The molecule has 0 aliphatic rings. The average molecular weight is 274 g/mol. The average Bonchev–Trinajstić information content (AvgIpc) is 2.33. The molecule has 4 nitrogen and oxygen atoms in total. The first-order valence-corrected chi connectivity index (χ1v) is 6.16. The first kappa shape index (κ1) is 15.4. The second-order valence-corrected chi connectivity index (χ2v) is 4.41. The van der Waals surface area contributed by atoms with E-state index in [9.17, 15) is 0 Å². The van der Waals surface area contributed by atoms with E-state index in [0.29, 0.717) is 5.02 Å². The van der Waals surface area contributed by atoms with Gasteiger partial charge in [0.2, 0.25) is 0 Å². The van der Waals surface area contributed by atoms with Crippen molar-refractivity contribution >= 4 is 11.6 Å². The predicted molar refractivity (Wildman–Crippen MR) is 71.5 cm³/mol. The van der Waals surface area contributed by atoms with Crippen molar-refractivity contribution in [3.05, 3.63) is 34.3 Å². The molecule has 0 spiro atoms. The molecule has 0 bridgehead atoms. The van der Waals surface area contributed by atoms with E-state index < -0.39 is 0 Å². The molecule has 0 radical (unpaired) electrons. The zero-order chi connectivity index (χ0) is 13.5. The van der Waals surface area contributed by atoms with E-state index in [0.717, 1.165) is 11.1 Å². The normalized spacial score (nSPS) is 14.5. The van der Waals surface area contributed by atoms with Crippen LogP contribution in [0.1, 0.15) is 24.2 Å². The summed E-state index contributed by atoms with van der Waals surface area (Å²) in [5, 5.41) is 0.656. The van der Waals surface area contributed by atoms with Crippen LogP contribution in [0.15, 0.2) is 18.2 Å². The Balaban J connectivity index is 3.00. The van der Waals surface area contributed by atoms with E-state index in [4.69, 9.17) is 31.5 Å². The Morgan fingerprint density at radius 2 is 2.06 bits per heavy atom. The number of methoxy groups -OCH3 is 1. The molecule has 0 saturated carbocycles. The van der Waals surface area contributed by atoms with Crippen LogP contribution in [0.5, 0.6) is 0 Å². The Morgan fingerprint density at radius 1 is 1.33 bits per heavy atom. The molecule has 1 aromatic carbocycles. The molecule has 5 heteroatoms. The van der Waals surface area contributed by atoms with Gasteiger partial charge in [0.15, 0.2) is 0 Å². The maximum atomic E-state index is 6.24. The van der Waals surface area contributed by atoms with Crippen LogP contribution >= 0.6 is 11.6 Å². The van der Waals surface area contributed by atoms with Crippen molar-refractivity contribution in [1.82, 2.24) is 0 Å². The van der Waals surface area contributed by atoms with Crippen LogP contribution in [-0.2, 0) is 14.2 Å². The fraction of sp³-hybridized carbons (Fsp3) is 0.538. The lowest BCUT2D eigenvalue weighted by atomic mass is 10.00. The van der Waals surface area contributed by atoms with Gasteiger partial charge in [-0.25, -0.2) is 0 Å². The van der Waals surface area contributed by atoms with E-state index in [1.165, 1.54) is 0 Å². The van der Waals surface area contributed by atoms with Crippen molar-refractivity contribution in [3.63, 3.8) is 0 Å². The van der Waals surface area contributed by atoms with Crippen molar-refractivity contribution in [3.8, 4) is 0 Å². The van der Waals surface area contributed by atoms with Crippen molar-refractivity contribution < 1.29 is 14.2 Å². The van der Waals surface area contributed by atoms with Gasteiger partial charge >= 0.3 is 0 Å². The van der Waals surface area contributed by atoms with Gasteiger partial charge in [0.25, 0.3) is 0 Å². The molecule has 102 valence electrons. The summed E-state index contributed by atoms with van der Waals surface area (Å²) in [5.74, 6) is 0. The Kier molecular flexibility index (Phi) is 6.60. The highest BCUT2D eigenvalue weighted by molar-refractivity contribution is 6.31. The van der Waals surface area contributed by atoms with Crippen LogP contribution in [-0.4, -0.2) is 26.7 Å². The topological polar surface area (TPSA) is 53.7 Å². The third-order valence-corrected chi connectivity index (χ3v) is 3.04. The van der Waals surface area contributed by atoms with Gasteiger partial charge in [0.1, 0.15) is 12.9 Å². The molecule has 0 fully saturated rings. The molecule has 0 aromatic heterocycles. The van der Waals surface area contributed by atoms with E-state index in [2.05, 4.69) is 0 Å². The van der Waals surface area contributed by atoms with Gasteiger partial charge in [-0.15, -0.1) is 0 Å². The molecule has 0 heterocycles. The van der Waals surface area contributed by atoms with Crippen LogP contribution in [0.2, 0.25) is 5.02 Å².